The maximum absolute atomic E-state index is 5.83. The van der Waals surface area contributed by atoms with Crippen LogP contribution in [0.4, 0.5) is 11.4 Å². The molecule has 0 bridgehead atoms. The molecule has 0 saturated heterocycles. The zero-order valence-electron chi connectivity index (χ0n) is 12.4. The zero-order chi connectivity index (χ0) is 15.9. The highest BCUT2D eigenvalue weighted by atomic mass is 35.5. The summed E-state index contributed by atoms with van der Waals surface area (Å²) in [6.45, 7) is 0. The lowest BCUT2D eigenvalue weighted by molar-refractivity contribution is 1.05. The number of anilines is 2. The number of halogens is 1. The van der Waals surface area contributed by atoms with Crippen molar-refractivity contribution in [3.05, 3.63) is 59.1 Å². The van der Waals surface area contributed by atoms with E-state index < -0.39 is 0 Å². The second kappa shape index (κ2) is 7.77. The van der Waals surface area contributed by atoms with E-state index in [1.54, 1.807) is 18.3 Å². The molecule has 0 aliphatic carbocycles. The number of hydrazone groups is 1. The molecule has 2 rings (SSSR count). The van der Waals surface area contributed by atoms with Gasteiger partial charge in [-0.3, -0.25) is 5.43 Å². The van der Waals surface area contributed by atoms with Gasteiger partial charge in [0.05, 0.1) is 6.21 Å². The van der Waals surface area contributed by atoms with Crippen molar-refractivity contribution in [1.82, 2.24) is 5.43 Å². The molecule has 4 nitrogen and oxygen atoms in total. The van der Waals surface area contributed by atoms with Crippen LogP contribution in [0.15, 0.2) is 53.6 Å². The Morgan fingerprint density at radius 2 is 1.73 bits per heavy atom. The highest BCUT2D eigenvalue weighted by molar-refractivity contribution is 7.80. The van der Waals surface area contributed by atoms with Crippen LogP contribution >= 0.6 is 23.8 Å². The molecule has 0 heterocycles. The fraction of sp³-hybridized carbons (Fsp3) is 0.125. The molecule has 0 aliphatic rings. The van der Waals surface area contributed by atoms with Crippen LogP contribution in [-0.2, 0) is 0 Å². The van der Waals surface area contributed by atoms with Crippen molar-refractivity contribution >= 4 is 46.5 Å². The lowest BCUT2D eigenvalue weighted by Gasteiger charge is -2.11. The Morgan fingerprint density at radius 3 is 2.32 bits per heavy atom. The molecule has 22 heavy (non-hydrogen) atoms. The monoisotopic (exact) mass is 332 g/mol. The first kappa shape index (κ1) is 16.3. The van der Waals surface area contributed by atoms with E-state index in [2.05, 4.69) is 15.8 Å². The van der Waals surface area contributed by atoms with Crippen molar-refractivity contribution in [2.45, 2.75) is 0 Å². The molecule has 0 unspecified atom stereocenters. The second-order valence-electron chi connectivity index (χ2n) is 4.82. The van der Waals surface area contributed by atoms with Gasteiger partial charge < -0.3 is 10.2 Å². The third kappa shape index (κ3) is 5.02. The van der Waals surface area contributed by atoms with Gasteiger partial charge in [0.15, 0.2) is 5.11 Å². The van der Waals surface area contributed by atoms with Crippen LogP contribution in [0.5, 0.6) is 0 Å². The molecule has 2 N–H and O–H groups in total. The average molecular weight is 333 g/mol. The van der Waals surface area contributed by atoms with Crippen LogP contribution in [0.3, 0.4) is 0 Å². The van der Waals surface area contributed by atoms with Crippen LogP contribution < -0.4 is 15.6 Å². The number of benzene rings is 2. The average Bonchev–Trinajstić information content (AvgIpc) is 2.50. The van der Waals surface area contributed by atoms with Gasteiger partial charge >= 0.3 is 0 Å². The topological polar surface area (TPSA) is 39.7 Å². The van der Waals surface area contributed by atoms with Gasteiger partial charge in [-0.1, -0.05) is 23.7 Å². The van der Waals surface area contributed by atoms with Crippen molar-refractivity contribution in [3.8, 4) is 0 Å². The van der Waals surface area contributed by atoms with E-state index in [1.165, 1.54) is 0 Å². The summed E-state index contributed by atoms with van der Waals surface area (Å²) in [5, 5.41) is 8.24. The molecule has 0 aromatic heterocycles. The summed E-state index contributed by atoms with van der Waals surface area (Å²) < 4.78 is 0. The van der Waals surface area contributed by atoms with Gasteiger partial charge in [-0.15, -0.1) is 0 Å². The number of nitrogens with zero attached hydrogens (tertiary/aromatic N) is 2. The van der Waals surface area contributed by atoms with Gasteiger partial charge in [-0.2, -0.15) is 5.10 Å². The van der Waals surface area contributed by atoms with Crippen molar-refractivity contribution in [1.29, 1.82) is 0 Å². The summed E-state index contributed by atoms with van der Waals surface area (Å²) in [5.74, 6) is 0. The SMILES string of the molecule is CN(C)c1ccc(/C=N/NC(=S)Nc2ccc(Cl)cc2)cc1. The van der Waals surface area contributed by atoms with Gasteiger partial charge in [-0.25, -0.2) is 0 Å². The molecule has 6 heteroatoms. The first-order valence-corrected chi connectivity index (χ1v) is 7.46. The van der Waals surface area contributed by atoms with Crippen LogP contribution in [0.1, 0.15) is 5.56 Å². The zero-order valence-corrected chi connectivity index (χ0v) is 13.9. The van der Waals surface area contributed by atoms with E-state index in [0.29, 0.717) is 10.1 Å². The minimum Gasteiger partial charge on any atom is -0.378 e. The molecule has 2 aromatic carbocycles. The summed E-state index contributed by atoms with van der Waals surface area (Å²) in [6, 6.07) is 15.3. The molecule has 0 fully saturated rings. The maximum atomic E-state index is 5.83. The highest BCUT2D eigenvalue weighted by Crippen LogP contribution is 2.13. The Balaban J connectivity index is 1.86. The summed E-state index contributed by atoms with van der Waals surface area (Å²) >= 11 is 11.0. The molecule has 114 valence electrons. The maximum Gasteiger partial charge on any atom is 0.191 e. The van der Waals surface area contributed by atoms with E-state index in [-0.39, 0.29) is 0 Å². The first-order valence-electron chi connectivity index (χ1n) is 6.67. The van der Waals surface area contributed by atoms with E-state index in [4.69, 9.17) is 23.8 Å². The quantitative estimate of drug-likeness (QED) is 0.508. The predicted octanol–water partition coefficient (Wildman–Crippen LogP) is 3.73. The molecule has 0 amide bonds. The second-order valence-corrected chi connectivity index (χ2v) is 5.66. The lowest BCUT2D eigenvalue weighted by atomic mass is 10.2. The van der Waals surface area contributed by atoms with E-state index in [1.807, 2.05) is 55.4 Å². The predicted molar refractivity (Wildman–Crippen MR) is 99.2 cm³/mol. The Hall–Kier alpha value is -2.11. The van der Waals surface area contributed by atoms with E-state index in [9.17, 15) is 0 Å². The van der Waals surface area contributed by atoms with Crippen LogP contribution in [-0.4, -0.2) is 25.4 Å². The Kier molecular flexibility index (Phi) is 5.75. The first-order chi connectivity index (χ1) is 10.5. The molecule has 0 saturated carbocycles. The summed E-state index contributed by atoms with van der Waals surface area (Å²) in [6.07, 6.45) is 1.72. The van der Waals surface area contributed by atoms with Crippen molar-refractivity contribution < 1.29 is 0 Å². The van der Waals surface area contributed by atoms with Gasteiger partial charge in [0.1, 0.15) is 0 Å². The molecule has 0 spiro atoms. The Labute approximate surface area is 140 Å². The van der Waals surface area contributed by atoms with Crippen molar-refractivity contribution in [2.75, 3.05) is 24.3 Å². The minimum absolute atomic E-state index is 0.420. The molecule has 2 aromatic rings. The minimum atomic E-state index is 0.420. The van der Waals surface area contributed by atoms with E-state index in [0.717, 1.165) is 16.9 Å². The van der Waals surface area contributed by atoms with Gasteiger partial charge in [0.2, 0.25) is 0 Å². The molecule has 0 aliphatic heterocycles. The van der Waals surface area contributed by atoms with Crippen molar-refractivity contribution in [3.63, 3.8) is 0 Å². The molecule has 0 radical (unpaired) electrons. The van der Waals surface area contributed by atoms with Crippen LogP contribution in [0.2, 0.25) is 5.02 Å². The summed E-state index contributed by atoms with van der Waals surface area (Å²) in [7, 11) is 4.01. The number of rotatable bonds is 4. The number of hydrogen-bond donors (Lipinski definition) is 2. The van der Waals surface area contributed by atoms with Gasteiger partial charge in [0.25, 0.3) is 0 Å². The van der Waals surface area contributed by atoms with Crippen molar-refractivity contribution in [2.24, 2.45) is 5.10 Å². The largest absolute Gasteiger partial charge is 0.378 e. The third-order valence-corrected chi connectivity index (χ3v) is 3.34. The third-order valence-electron chi connectivity index (χ3n) is 2.89. The Bertz CT molecular complexity index is 651. The standard InChI is InChI=1S/C16H17ClN4S/c1-21(2)15-9-3-12(4-10-15)11-18-20-16(22)19-14-7-5-13(17)6-8-14/h3-11H,1-2H3,(H2,19,20,22)/b18-11+. The smallest absolute Gasteiger partial charge is 0.191 e. The Morgan fingerprint density at radius 1 is 1.09 bits per heavy atom. The fourth-order valence-corrected chi connectivity index (χ4v) is 2.01. The van der Waals surface area contributed by atoms with Crippen LogP contribution in [0.25, 0.3) is 0 Å². The van der Waals surface area contributed by atoms with Gasteiger partial charge in [-0.05, 0) is 54.2 Å². The summed E-state index contributed by atoms with van der Waals surface area (Å²) in [4.78, 5) is 2.05. The molecule has 0 atom stereocenters. The number of nitrogens with one attached hydrogen (secondary N) is 2. The lowest BCUT2D eigenvalue weighted by Crippen LogP contribution is -2.23. The fourth-order valence-electron chi connectivity index (χ4n) is 1.72. The summed E-state index contributed by atoms with van der Waals surface area (Å²) in [5.41, 5.74) is 5.77. The van der Waals surface area contributed by atoms with Crippen LogP contribution in [0, 0.1) is 0 Å². The van der Waals surface area contributed by atoms with E-state index >= 15 is 0 Å². The van der Waals surface area contributed by atoms with Gasteiger partial charge in [0, 0.05) is 30.5 Å². The molecular weight excluding hydrogens is 316 g/mol. The normalized spacial score (nSPS) is 10.5. The number of thiocarbonyl (C=S) groups is 1. The highest BCUT2D eigenvalue weighted by Gasteiger charge is 1.97. The molecular formula is C16H17ClN4S. The number of hydrogen-bond acceptors (Lipinski definition) is 3.